The van der Waals surface area contributed by atoms with Gasteiger partial charge in [-0.05, 0) is 40.1 Å². The van der Waals surface area contributed by atoms with E-state index < -0.39 is 0 Å². The van der Waals surface area contributed by atoms with Gasteiger partial charge < -0.3 is 15.5 Å². The van der Waals surface area contributed by atoms with Crippen molar-refractivity contribution in [2.45, 2.75) is 19.4 Å². The van der Waals surface area contributed by atoms with Gasteiger partial charge in [0.2, 0.25) is 5.95 Å². The second-order valence-corrected chi connectivity index (χ2v) is 5.72. The summed E-state index contributed by atoms with van der Waals surface area (Å²) in [5.41, 5.74) is 0.989. The first-order valence-electron chi connectivity index (χ1n) is 6.80. The number of para-hydroxylation sites is 1. The number of likely N-dealkylation sites (N-methyl/N-ethyl adjacent to an activating group) is 1. The van der Waals surface area contributed by atoms with Gasteiger partial charge in [0, 0.05) is 24.5 Å². The highest BCUT2D eigenvalue weighted by Gasteiger charge is 2.20. The first-order chi connectivity index (χ1) is 9.44. The van der Waals surface area contributed by atoms with Crippen molar-refractivity contribution >= 4 is 22.7 Å². The predicted molar refractivity (Wildman–Crippen MR) is 85.3 cm³/mol. The van der Waals surface area contributed by atoms with E-state index in [1.54, 1.807) is 0 Å². The summed E-state index contributed by atoms with van der Waals surface area (Å²) in [6.07, 6.45) is 0. The molecule has 0 fully saturated rings. The van der Waals surface area contributed by atoms with Crippen molar-refractivity contribution in [2.24, 2.45) is 0 Å². The van der Waals surface area contributed by atoms with E-state index in [0.717, 1.165) is 23.3 Å². The molecule has 20 heavy (non-hydrogen) atoms. The van der Waals surface area contributed by atoms with E-state index in [9.17, 15) is 0 Å². The van der Waals surface area contributed by atoms with E-state index in [4.69, 9.17) is 0 Å². The molecule has 2 rings (SSSR count). The molecular weight excluding hydrogens is 250 g/mol. The quantitative estimate of drug-likeness (QED) is 0.876. The van der Waals surface area contributed by atoms with Gasteiger partial charge in [0.25, 0.3) is 0 Å². The van der Waals surface area contributed by atoms with Crippen LogP contribution in [0.15, 0.2) is 24.3 Å². The summed E-state index contributed by atoms with van der Waals surface area (Å²) in [4.78, 5) is 11.2. The van der Waals surface area contributed by atoms with Crippen LogP contribution in [-0.2, 0) is 0 Å². The lowest BCUT2D eigenvalue weighted by atomic mass is 10.0. The molecule has 5 heteroatoms. The van der Waals surface area contributed by atoms with Crippen molar-refractivity contribution in [3.63, 3.8) is 0 Å². The van der Waals surface area contributed by atoms with Crippen LogP contribution in [-0.4, -0.2) is 48.1 Å². The van der Waals surface area contributed by atoms with Gasteiger partial charge in [-0.3, -0.25) is 0 Å². The molecule has 0 spiro atoms. The number of anilines is 2. The third-order valence-electron chi connectivity index (χ3n) is 3.73. The second kappa shape index (κ2) is 5.63. The first-order valence-corrected chi connectivity index (χ1v) is 6.80. The molecule has 0 amide bonds. The van der Waals surface area contributed by atoms with Crippen LogP contribution < -0.4 is 10.6 Å². The van der Waals surface area contributed by atoms with E-state index in [1.165, 1.54) is 0 Å². The van der Waals surface area contributed by atoms with Crippen molar-refractivity contribution < 1.29 is 0 Å². The Labute approximate surface area is 120 Å². The van der Waals surface area contributed by atoms with Gasteiger partial charge in [0.1, 0.15) is 5.82 Å². The van der Waals surface area contributed by atoms with Crippen molar-refractivity contribution in [1.82, 2.24) is 14.9 Å². The largest absolute Gasteiger partial charge is 0.368 e. The van der Waals surface area contributed by atoms with E-state index in [2.05, 4.69) is 53.4 Å². The number of benzene rings is 1. The monoisotopic (exact) mass is 273 g/mol. The maximum Gasteiger partial charge on any atom is 0.224 e. The summed E-state index contributed by atoms with van der Waals surface area (Å²) in [5, 5.41) is 7.50. The maximum absolute atomic E-state index is 4.53. The van der Waals surface area contributed by atoms with E-state index in [1.807, 2.05) is 31.3 Å². The van der Waals surface area contributed by atoms with Gasteiger partial charge in [-0.1, -0.05) is 12.1 Å². The molecule has 108 valence electrons. The Bertz CT molecular complexity index is 592. The summed E-state index contributed by atoms with van der Waals surface area (Å²) < 4.78 is 0. The molecule has 0 radical (unpaired) electrons. The minimum Gasteiger partial charge on any atom is -0.368 e. The Balaban J connectivity index is 2.33. The normalized spacial score (nSPS) is 11.9. The molecule has 0 atom stereocenters. The van der Waals surface area contributed by atoms with Crippen molar-refractivity contribution in [1.29, 1.82) is 0 Å². The molecule has 0 aliphatic heterocycles. The highest BCUT2D eigenvalue weighted by atomic mass is 15.2. The Hall–Kier alpha value is -1.88. The predicted octanol–water partition coefficient (Wildman–Crippen LogP) is 2.42. The Morgan fingerprint density at radius 1 is 1.15 bits per heavy atom. The molecule has 2 aromatic rings. The van der Waals surface area contributed by atoms with E-state index in [0.29, 0.717) is 5.95 Å². The summed E-state index contributed by atoms with van der Waals surface area (Å²) in [6, 6.07) is 8.04. The van der Waals surface area contributed by atoms with Crippen LogP contribution in [0.4, 0.5) is 11.8 Å². The SMILES string of the molecule is CNc1nc(NCC(C)(C)N(C)C)c2ccccc2n1. The zero-order valence-electron chi connectivity index (χ0n) is 12.9. The maximum atomic E-state index is 4.53. The zero-order chi connectivity index (χ0) is 14.8. The summed E-state index contributed by atoms with van der Waals surface area (Å²) in [7, 11) is 6.00. The van der Waals surface area contributed by atoms with Crippen LogP contribution in [0.1, 0.15) is 13.8 Å². The summed E-state index contributed by atoms with van der Waals surface area (Å²) >= 11 is 0. The van der Waals surface area contributed by atoms with Crippen LogP contribution in [0.3, 0.4) is 0 Å². The fraction of sp³-hybridized carbons (Fsp3) is 0.467. The molecule has 0 aliphatic rings. The topological polar surface area (TPSA) is 53.1 Å². The van der Waals surface area contributed by atoms with Crippen molar-refractivity contribution in [3.8, 4) is 0 Å². The Morgan fingerprint density at radius 2 is 1.85 bits per heavy atom. The number of rotatable bonds is 5. The van der Waals surface area contributed by atoms with Gasteiger partial charge >= 0.3 is 0 Å². The highest BCUT2D eigenvalue weighted by molar-refractivity contribution is 5.90. The third kappa shape index (κ3) is 2.99. The number of fused-ring (bicyclic) bond motifs is 1. The van der Waals surface area contributed by atoms with Gasteiger partial charge in [0.15, 0.2) is 0 Å². The third-order valence-corrected chi connectivity index (χ3v) is 3.73. The average Bonchev–Trinajstić information content (AvgIpc) is 2.44. The number of hydrogen-bond donors (Lipinski definition) is 2. The zero-order valence-corrected chi connectivity index (χ0v) is 12.9. The minimum absolute atomic E-state index is 0.0475. The number of aromatic nitrogens is 2. The first kappa shape index (κ1) is 14.5. The summed E-state index contributed by atoms with van der Waals surface area (Å²) in [6.45, 7) is 5.20. The molecule has 0 saturated carbocycles. The number of nitrogens with one attached hydrogen (secondary N) is 2. The van der Waals surface area contributed by atoms with E-state index in [-0.39, 0.29) is 5.54 Å². The molecule has 5 nitrogen and oxygen atoms in total. The van der Waals surface area contributed by atoms with Gasteiger partial charge in [-0.25, -0.2) is 4.98 Å². The summed E-state index contributed by atoms with van der Waals surface area (Å²) in [5.74, 6) is 1.50. The standard InChI is InChI=1S/C15H23N5/c1-15(2,20(4)5)10-17-13-11-8-6-7-9-12(11)18-14(16-3)19-13/h6-9H,10H2,1-5H3,(H2,16,17,18,19). The second-order valence-electron chi connectivity index (χ2n) is 5.72. The fourth-order valence-electron chi connectivity index (χ4n) is 1.78. The van der Waals surface area contributed by atoms with Gasteiger partial charge in [0.05, 0.1) is 5.52 Å². The molecular formula is C15H23N5. The highest BCUT2D eigenvalue weighted by Crippen LogP contribution is 2.22. The molecule has 0 bridgehead atoms. The molecule has 1 heterocycles. The molecule has 2 N–H and O–H groups in total. The molecule has 0 aliphatic carbocycles. The molecule has 0 unspecified atom stereocenters. The van der Waals surface area contributed by atoms with E-state index >= 15 is 0 Å². The van der Waals surface area contributed by atoms with Crippen LogP contribution in [0, 0.1) is 0 Å². The van der Waals surface area contributed by atoms with Crippen molar-refractivity contribution in [2.75, 3.05) is 38.3 Å². The lowest BCUT2D eigenvalue weighted by Gasteiger charge is -2.33. The van der Waals surface area contributed by atoms with Crippen molar-refractivity contribution in [3.05, 3.63) is 24.3 Å². The average molecular weight is 273 g/mol. The van der Waals surface area contributed by atoms with Gasteiger partial charge in [-0.2, -0.15) is 4.98 Å². The van der Waals surface area contributed by atoms with Crippen LogP contribution in [0.5, 0.6) is 0 Å². The Kier molecular flexibility index (Phi) is 4.09. The molecule has 0 saturated heterocycles. The van der Waals surface area contributed by atoms with Gasteiger partial charge in [-0.15, -0.1) is 0 Å². The lowest BCUT2D eigenvalue weighted by Crippen LogP contribution is -2.44. The lowest BCUT2D eigenvalue weighted by molar-refractivity contribution is 0.210. The molecule has 1 aromatic carbocycles. The van der Waals surface area contributed by atoms with Crippen LogP contribution in [0.2, 0.25) is 0 Å². The number of nitrogens with zero attached hydrogens (tertiary/aromatic N) is 3. The fourth-order valence-corrected chi connectivity index (χ4v) is 1.78. The minimum atomic E-state index is 0.0475. The smallest absolute Gasteiger partial charge is 0.224 e. The molecule has 1 aromatic heterocycles. The Morgan fingerprint density at radius 3 is 2.50 bits per heavy atom. The number of hydrogen-bond acceptors (Lipinski definition) is 5. The van der Waals surface area contributed by atoms with Crippen LogP contribution in [0.25, 0.3) is 10.9 Å². The van der Waals surface area contributed by atoms with Crippen LogP contribution >= 0.6 is 0 Å².